The van der Waals surface area contributed by atoms with E-state index in [1.165, 1.54) is 0 Å². The second kappa shape index (κ2) is 5.51. The third-order valence-corrected chi connectivity index (χ3v) is 2.33. The predicted molar refractivity (Wildman–Crippen MR) is 54.8 cm³/mol. The highest BCUT2D eigenvalue weighted by molar-refractivity contribution is 9.08. The number of hydrogen-bond acceptors (Lipinski definition) is 4. The lowest BCUT2D eigenvalue weighted by Gasteiger charge is -2.12. The Hall–Kier alpha value is -1.38. The van der Waals surface area contributed by atoms with E-state index in [0.29, 0.717) is 6.07 Å². The molecule has 100 valence electrons. The minimum absolute atomic E-state index is 0.251. The van der Waals surface area contributed by atoms with Gasteiger partial charge in [-0.1, -0.05) is 15.9 Å². The van der Waals surface area contributed by atoms with Gasteiger partial charge in [0.2, 0.25) is 5.88 Å². The van der Waals surface area contributed by atoms with Crippen molar-refractivity contribution in [2.24, 2.45) is 0 Å². The molecule has 0 saturated heterocycles. The van der Waals surface area contributed by atoms with Crippen molar-refractivity contribution in [1.29, 1.82) is 0 Å². The molecule has 0 saturated carbocycles. The van der Waals surface area contributed by atoms with Gasteiger partial charge in [0.05, 0.1) is 12.7 Å². The van der Waals surface area contributed by atoms with Crippen molar-refractivity contribution < 1.29 is 31.8 Å². The molecular weight excluding hydrogens is 326 g/mol. The Morgan fingerprint density at radius 3 is 2.56 bits per heavy atom. The summed E-state index contributed by atoms with van der Waals surface area (Å²) in [5.41, 5.74) is -1.06. The summed E-state index contributed by atoms with van der Waals surface area (Å²) < 4.78 is 57.5. The summed E-state index contributed by atoms with van der Waals surface area (Å²) in [6.07, 6.45) is -5.04. The first-order chi connectivity index (χ1) is 8.28. The standard InChI is InChI=1S/C9H6BrF4NO3/c1-17-8(16)6-2-5(11)4(3-10)7(15-6)18-9(12,13)14/h2H,3H2,1H3. The lowest BCUT2D eigenvalue weighted by Crippen LogP contribution is -2.20. The molecule has 0 fully saturated rings. The Bertz CT molecular complexity index is 464. The van der Waals surface area contributed by atoms with Crippen LogP contribution in [0.5, 0.6) is 5.88 Å². The predicted octanol–water partition coefficient (Wildman–Crippen LogP) is 2.80. The number of alkyl halides is 4. The third kappa shape index (κ3) is 3.56. The molecule has 0 spiro atoms. The Morgan fingerprint density at radius 1 is 1.50 bits per heavy atom. The monoisotopic (exact) mass is 331 g/mol. The summed E-state index contributed by atoms with van der Waals surface area (Å²) in [7, 11) is 0.991. The maximum atomic E-state index is 13.5. The maximum Gasteiger partial charge on any atom is 0.574 e. The fourth-order valence-corrected chi connectivity index (χ4v) is 1.55. The second-order valence-corrected chi connectivity index (χ2v) is 3.51. The number of aromatic nitrogens is 1. The van der Waals surface area contributed by atoms with Crippen molar-refractivity contribution in [3.8, 4) is 5.88 Å². The number of nitrogens with zero attached hydrogens (tertiary/aromatic N) is 1. The lowest BCUT2D eigenvalue weighted by atomic mass is 10.2. The van der Waals surface area contributed by atoms with Crippen molar-refractivity contribution in [2.45, 2.75) is 11.7 Å². The molecule has 1 aromatic heterocycles. The molecule has 18 heavy (non-hydrogen) atoms. The van der Waals surface area contributed by atoms with Gasteiger partial charge in [-0.3, -0.25) is 0 Å². The normalized spacial score (nSPS) is 11.2. The van der Waals surface area contributed by atoms with Gasteiger partial charge in [-0.25, -0.2) is 14.2 Å². The van der Waals surface area contributed by atoms with Crippen molar-refractivity contribution >= 4 is 21.9 Å². The van der Waals surface area contributed by atoms with Crippen LogP contribution >= 0.6 is 15.9 Å². The van der Waals surface area contributed by atoms with Crippen LogP contribution in [0.25, 0.3) is 0 Å². The van der Waals surface area contributed by atoms with Gasteiger partial charge < -0.3 is 9.47 Å². The summed E-state index contributed by atoms with van der Waals surface area (Å²) in [6.45, 7) is 0. The number of esters is 1. The number of carbonyl (C=O) groups excluding carboxylic acids is 1. The molecule has 9 heteroatoms. The number of rotatable bonds is 3. The first-order valence-corrected chi connectivity index (χ1v) is 5.50. The number of halogens is 5. The molecule has 0 radical (unpaired) electrons. The van der Waals surface area contributed by atoms with Gasteiger partial charge in [-0.2, -0.15) is 0 Å². The van der Waals surface area contributed by atoms with Crippen molar-refractivity contribution in [2.75, 3.05) is 7.11 Å². The summed E-state index contributed by atoms with van der Waals surface area (Å²) in [4.78, 5) is 14.4. The van der Waals surface area contributed by atoms with E-state index < -0.39 is 35.3 Å². The summed E-state index contributed by atoms with van der Waals surface area (Å²) in [6, 6.07) is 0.672. The van der Waals surface area contributed by atoms with Crippen LogP contribution < -0.4 is 4.74 Å². The average molecular weight is 332 g/mol. The van der Waals surface area contributed by atoms with Crippen LogP contribution in [0.4, 0.5) is 17.6 Å². The van der Waals surface area contributed by atoms with Gasteiger partial charge in [0.1, 0.15) is 5.82 Å². The largest absolute Gasteiger partial charge is 0.574 e. The molecule has 0 aliphatic heterocycles. The van der Waals surface area contributed by atoms with Gasteiger partial charge in [-0.15, -0.1) is 13.2 Å². The Morgan fingerprint density at radius 2 is 2.11 bits per heavy atom. The van der Waals surface area contributed by atoms with Crippen LogP contribution in [0.2, 0.25) is 0 Å². The molecule has 1 rings (SSSR count). The highest BCUT2D eigenvalue weighted by Gasteiger charge is 2.34. The lowest BCUT2D eigenvalue weighted by molar-refractivity contribution is -0.276. The van der Waals surface area contributed by atoms with E-state index in [4.69, 9.17) is 0 Å². The zero-order chi connectivity index (χ0) is 13.9. The molecule has 0 amide bonds. The summed E-state index contributed by atoms with van der Waals surface area (Å²) >= 11 is 2.80. The Labute approximate surface area is 107 Å². The average Bonchev–Trinajstić information content (AvgIpc) is 2.25. The van der Waals surface area contributed by atoms with Gasteiger partial charge in [0, 0.05) is 11.4 Å². The van der Waals surface area contributed by atoms with Gasteiger partial charge >= 0.3 is 12.3 Å². The summed E-state index contributed by atoms with van der Waals surface area (Å²) in [5, 5.41) is -0.251. The minimum Gasteiger partial charge on any atom is -0.464 e. The fraction of sp³-hybridized carbons (Fsp3) is 0.333. The molecule has 0 aromatic carbocycles. The third-order valence-electron chi connectivity index (χ3n) is 1.77. The van der Waals surface area contributed by atoms with Crippen LogP contribution in [0.3, 0.4) is 0 Å². The highest BCUT2D eigenvalue weighted by atomic mass is 79.9. The minimum atomic E-state index is -5.04. The first-order valence-electron chi connectivity index (χ1n) is 4.38. The van der Waals surface area contributed by atoms with Crippen LogP contribution in [0, 0.1) is 5.82 Å². The van der Waals surface area contributed by atoms with Gasteiger partial charge in [0.25, 0.3) is 0 Å². The van der Waals surface area contributed by atoms with Crippen LogP contribution in [-0.2, 0) is 10.1 Å². The highest BCUT2D eigenvalue weighted by Crippen LogP contribution is 2.28. The van der Waals surface area contributed by atoms with Gasteiger partial charge in [0.15, 0.2) is 5.69 Å². The van der Waals surface area contributed by atoms with E-state index in [1.54, 1.807) is 0 Å². The van der Waals surface area contributed by atoms with E-state index in [0.717, 1.165) is 7.11 Å². The van der Waals surface area contributed by atoms with E-state index in [2.05, 4.69) is 30.4 Å². The molecule has 1 aromatic rings. The molecule has 0 unspecified atom stereocenters. The number of hydrogen-bond donors (Lipinski definition) is 0. The van der Waals surface area contributed by atoms with Crippen molar-refractivity contribution in [1.82, 2.24) is 4.98 Å². The second-order valence-electron chi connectivity index (χ2n) is 2.95. The zero-order valence-corrected chi connectivity index (χ0v) is 10.4. The van der Waals surface area contributed by atoms with E-state index in [-0.39, 0.29) is 5.33 Å². The van der Waals surface area contributed by atoms with Crippen LogP contribution in [-0.4, -0.2) is 24.4 Å². The smallest absolute Gasteiger partial charge is 0.464 e. The quantitative estimate of drug-likeness (QED) is 0.485. The number of methoxy groups -OCH3 is 1. The number of pyridine rings is 1. The molecule has 0 bridgehead atoms. The molecule has 0 aliphatic carbocycles. The molecular formula is C9H6BrF4NO3. The number of carbonyl (C=O) groups is 1. The van der Waals surface area contributed by atoms with Gasteiger partial charge in [-0.05, 0) is 0 Å². The molecule has 4 nitrogen and oxygen atoms in total. The molecule has 1 heterocycles. The Kier molecular flexibility index (Phi) is 4.49. The maximum absolute atomic E-state index is 13.5. The van der Waals surface area contributed by atoms with Crippen molar-refractivity contribution in [3.05, 3.63) is 23.1 Å². The van der Waals surface area contributed by atoms with Crippen LogP contribution in [0.1, 0.15) is 16.1 Å². The topological polar surface area (TPSA) is 48.4 Å². The van der Waals surface area contributed by atoms with E-state index >= 15 is 0 Å². The van der Waals surface area contributed by atoms with E-state index in [9.17, 15) is 22.4 Å². The van der Waals surface area contributed by atoms with E-state index in [1.807, 2.05) is 0 Å². The molecule has 0 N–H and O–H groups in total. The number of ether oxygens (including phenoxy) is 2. The first kappa shape index (κ1) is 14.7. The zero-order valence-electron chi connectivity index (χ0n) is 8.85. The summed E-state index contributed by atoms with van der Waals surface area (Å²) in [5.74, 6) is -3.15. The fourth-order valence-electron chi connectivity index (χ4n) is 1.04. The Balaban J connectivity index is 3.28. The molecule has 0 aliphatic rings. The van der Waals surface area contributed by atoms with Crippen LogP contribution in [0.15, 0.2) is 6.07 Å². The molecule has 0 atom stereocenters. The SMILES string of the molecule is COC(=O)c1cc(F)c(CBr)c(OC(F)(F)F)n1. The van der Waals surface area contributed by atoms with Crippen molar-refractivity contribution in [3.63, 3.8) is 0 Å².